The first-order valence-corrected chi connectivity index (χ1v) is 12.0. The lowest BCUT2D eigenvalue weighted by Crippen LogP contribution is -2.37. The number of thiophene rings is 1. The molecule has 4 heterocycles. The average Bonchev–Trinajstić information content (AvgIpc) is 3.54. The number of alkyl halides is 3. The lowest BCUT2D eigenvalue weighted by molar-refractivity contribution is -0.192. The predicted molar refractivity (Wildman–Crippen MR) is 130 cm³/mol. The summed E-state index contributed by atoms with van der Waals surface area (Å²) in [6.07, 6.45) is -1.37. The topological polar surface area (TPSA) is 88.3 Å². The quantitative estimate of drug-likeness (QED) is 0.397. The average molecular weight is 517 g/mol. The van der Waals surface area contributed by atoms with Gasteiger partial charge in [-0.3, -0.25) is 9.78 Å². The number of pyridine rings is 1. The van der Waals surface area contributed by atoms with Crippen LogP contribution in [-0.2, 0) is 11.8 Å². The van der Waals surface area contributed by atoms with Gasteiger partial charge in [-0.15, -0.1) is 11.3 Å². The standard InChI is InChI=1S/C23H22N4OS.C2HF3O2/c1-26-15-24-22-19(26)14-18(25-21(22)17-6-3-2-4-7-17)16-9-11-27(12-10-16)23(28)20-8-5-13-29-20;3-2(4,5)1(6)7/h2-8,13-16H,9-12H2,1H3;(H,6,7). The normalized spacial score (nSPS) is 14.4. The summed E-state index contributed by atoms with van der Waals surface area (Å²) < 4.78 is 33.8. The van der Waals surface area contributed by atoms with Crippen LogP contribution in [0.4, 0.5) is 13.2 Å². The minimum atomic E-state index is -5.08. The van der Waals surface area contributed by atoms with E-state index < -0.39 is 12.1 Å². The number of halogens is 3. The van der Waals surface area contributed by atoms with Crippen LogP contribution >= 0.6 is 11.3 Å². The van der Waals surface area contributed by atoms with Crippen LogP contribution in [0.15, 0.2) is 60.2 Å². The number of likely N-dealkylation sites (tertiary alicyclic amines) is 1. The van der Waals surface area contributed by atoms with Crippen molar-refractivity contribution in [2.24, 2.45) is 7.05 Å². The van der Waals surface area contributed by atoms with Gasteiger partial charge in [-0.2, -0.15) is 13.2 Å². The zero-order valence-corrected chi connectivity index (χ0v) is 20.1. The molecule has 1 aliphatic rings. The Bertz CT molecular complexity index is 1350. The van der Waals surface area contributed by atoms with Crippen LogP contribution in [0.5, 0.6) is 0 Å². The molecule has 0 saturated carbocycles. The highest BCUT2D eigenvalue weighted by Crippen LogP contribution is 2.33. The number of aryl methyl sites for hydroxylation is 1. The van der Waals surface area contributed by atoms with Gasteiger partial charge in [0.05, 0.1) is 22.4 Å². The molecular formula is C25H23F3N4O3S. The Morgan fingerprint density at radius 3 is 2.33 bits per heavy atom. The van der Waals surface area contributed by atoms with E-state index in [2.05, 4.69) is 27.8 Å². The maximum atomic E-state index is 12.6. The van der Waals surface area contributed by atoms with Crippen molar-refractivity contribution in [2.45, 2.75) is 24.9 Å². The first-order chi connectivity index (χ1) is 17.1. The van der Waals surface area contributed by atoms with Crippen LogP contribution in [0.25, 0.3) is 22.3 Å². The molecular weight excluding hydrogens is 493 g/mol. The van der Waals surface area contributed by atoms with Gasteiger partial charge in [-0.25, -0.2) is 9.78 Å². The van der Waals surface area contributed by atoms with Crippen molar-refractivity contribution in [3.8, 4) is 11.3 Å². The molecule has 188 valence electrons. The number of imidazole rings is 1. The highest BCUT2D eigenvalue weighted by atomic mass is 32.1. The number of aliphatic carboxylic acids is 1. The van der Waals surface area contributed by atoms with Crippen molar-refractivity contribution in [3.63, 3.8) is 0 Å². The van der Waals surface area contributed by atoms with E-state index >= 15 is 0 Å². The SMILES string of the molecule is Cn1cnc2c(-c3ccccc3)nc(C3CCN(C(=O)c4cccs4)CC3)cc21.O=C(O)C(F)(F)F. The summed E-state index contributed by atoms with van der Waals surface area (Å²) in [5.74, 6) is -2.25. The third kappa shape index (κ3) is 5.56. The number of carboxylic acid groups (broad SMARTS) is 1. The highest BCUT2D eigenvalue weighted by Gasteiger charge is 2.38. The largest absolute Gasteiger partial charge is 0.490 e. The molecule has 7 nitrogen and oxygen atoms in total. The Balaban J connectivity index is 0.000000384. The number of carbonyl (C=O) groups excluding carboxylic acids is 1. The number of benzene rings is 1. The molecule has 0 spiro atoms. The van der Waals surface area contributed by atoms with Crippen molar-refractivity contribution in [2.75, 3.05) is 13.1 Å². The molecule has 4 aromatic rings. The van der Waals surface area contributed by atoms with Crippen molar-refractivity contribution in [1.29, 1.82) is 0 Å². The molecule has 1 aromatic carbocycles. The van der Waals surface area contributed by atoms with Gasteiger partial charge in [0.2, 0.25) is 0 Å². The maximum Gasteiger partial charge on any atom is 0.490 e. The minimum absolute atomic E-state index is 0.151. The number of aromatic nitrogens is 3. The number of piperidine rings is 1. The monoisotopic (exact) mass is 516 g/mol. The van der Waals surface area contributed by atoms with Crippen LogP contribution in [0.1, 0.15) is 34.1 Å². The van der Waals surface area contributed by atoms with E-state index in [0.29, 0.717) is 5.92 Å². The number of amides is 1. The van der Waals surface area contributed by atoms with E-state index in [1.54, 1.807) is 0 Å². The molecule has 0 radical (unpaired) electrons. The third-order valence-corrected chi connectivity index (χ3v) is 6.81. The fourth-order valence-corrected chi connectivity index (χ4v) is 4.78. The predicted octanol–water partition coefficient (Wildman–Crippen LogP) is 5.35. The molecule has 5 rings (SSSR count). The second-order valence-corrected chi connectivity index (χ2v) is 9.28. The van der Waals surface area contributed by atoms with E-state index in [0.717, 1.165) is 58.8 Å². The van der Waals surface area contributed by atoms with Crippen molar-refractivity contribution in [3.05, 3.63) is 70.8 Å². The van der Waals surface area contributed by atoms with Gasteiger partial charge in [0.1, 0.15) is 5.52 Å². The van der Waals surface area contributed by atoms with Crippen LogP contribution in [-0.4, -0.2) is 55.7 Å². The molecule has 1 saturated heterocycles. The number of fused-ring (bicyclic) bond motifs is 1. The summed E-state index contributed by atoms with van der Waals surface area (Å²) in [5, 5.41) is 9.08. The van der Waals surface area contributed by atoms with Gasteiger partial charge in [-0.05, 0) is 30.4 Å². The smallest absolute Gasteiger partial charge is 0.475 e. The second-order valence-electron chi connectivity index (χ2n) is 8.33. The number of rotatable bonds is 3. The van der Waals surface area contributed by atoms with Gasteiger partial charge in [0.15, 0.2) is 0 Å². The summed E-state index contributed by atoms with van der Waals surface area (Å²) in [5.41, 5.74) is 5.17. The van der Waals surface area contributed by atoms with Crippen molar-refractivity contribution in [1.82, 2.24) is 19.4 Å². The fourth-order valence-electron chi connectivity index (χ4n) is 4.09. The molecule has 0 bridgehead atoms. The summed E-state index contributed by atoms with van der Waals surface area (Å²) >= 11 is 1.51. The maximum absolute atomic E-state index is 12.6. The van der Waals surface area contributed by atoms with Gasteiger partial charge in [-0.1, -0.05) is 36.4 Å². The van der Waals surface area contributed by atoms with E-state index in [1.807, 2.05) is 54.0 Å². The lowest BCUT2D eigenvalue weighted by Gasteiger charge is -2.31. The van der Waals surface area contributed by atoms with E-state index in [-0.39, 0.29) is 5.91 Å². The van der Waals surface area contributed by atoms with Gasteiger partial charge >= 0.3 is 12.1 Å². The highest BCUT2D eigenvalue weighted by molar-refractivity contribution is 7.12. The van der Waals surface area contributed by atoms with Gasteiger partial charge in [0, 0.05) is 37.3 Å². The lowest BCUT2D eigenvalue weighted by atomic mass is 9.92. The molecule has 1 fully saturated rings. The van der Waals surface area contributed by atoms with Crippen LogP contribution in [0, 0.1) is 0 Å². The van der Waals surface area contributed by atoms with Crippen molar-refractivity contribution < 1.29 is 27.9 Å². The van der Waals surface area contributed by atoms with Gasteiger partial charge < -0.3 is 14.6 Å². The third-order valence-electron chi connectivity index (χ3n) is 5.95. The van der Waals surface area contributed by atoms with E-state index in [9.17, 15) is 18.0 Å². The molecule has 1 aliphatic heterocycles. The van der Waals surface area contributed by atoms with E-state index in [1.165, 1.54) is 11.3 Å². The first kappa shape index (κ1) is 25.4. The summed E-state index contributed by atoms with van der Waals surface area (Å²) in [7, 11) is 2.02. The minimum Gasteiger partial charge on any atom is -0.475 e. The van der Waals surface area contributed by atoms with Crippen LogP contribution in [0.2, 0.25) is 0 Å². The molecule has 0 atom stereocenters. The molecule has 11 heteroatoms. The molecule has 36 heavy (non-hydrogen) atoms. The fraction of sp³-hybridized carbons (Fsp3) is 0.280. The van der Waals surface area contributed by atoms with E-state index in [4.69, 9.17) is 14.9 Å². The molecule has 1 N–H and O–H groups in total. The number of hydrogen-bond acceptors (Lipinski definition) is 5. The van der Waals surface area contributed by atoms with Gasteiger partial charge in [0.25, 0.3) is 5.91 Å². The van der Waals surface area contributed by atoms with Crippen LogP contribution in [0.3, 0.4) is 0 Å². The number of nitrogens with zero attached hydrogens (tertiary/aromatic N) is 4. The Kier molecular flexibility index (Phi) is 7.39. The van der Waals surface area contributed by atoms with Crippen molar-refractivity contribution >= 4 is 34.2 Å². The summed E-state index contributed by atoms with van der Waals surface area (Å²) in [6, 6.07) is 16.3. The summed E-state index contributed by atoms with van der Waals surface area (Å²) in [6.45, 7) is 1.54. The Morgan fingerprint density at radius 1 is 1.08 bits per heavy atom. The first-order valence-electron chi connectivity index (χ1n) is 11.2. The number of hydrogen-bond donors (Lipinski definition) is 1. The molecule has 0 unspecified atom stereocenters. The Morgan fingerprint density at radius 2 is 1.75 bits per heavy atom. The molecule has 0 aliphatic carbocycles. The second kappa shape index (κ2) is 10.5. The number of carboxylic acids is 1. The van der Waals surface area contributed by atoms with Crippen LogP contribution < -0.4 is 0 Å². The zero-order valence-electron chi connectivity index (χ0n) is 19.3. The zero-order chi connectivity index (χ0) is 25.9. The summed E-state index contributed by atoms with van der Waals surface area (Å²) in [4.78, 5) is 34.0. The Hall–Kier alpha value is -3.73. The molecule has 1 amide bonds. The number of carbonyl (C=O) groups is 2. The Labute approximate surface area is 208 Å². The molecule has 3 aromatic heterocycles.